The summed E-state index contributed by atoms with van der Waals surface area (Å²) in [6, 6.07) is 16.5. The van der Waals surface area contributed by atoms with Crippen molar-refractivity contribution < 1.29 is 14.7 Å². The quantitative estimate of drug-likeness (QED) is 0.756. The van der Waals surface area contributed by atoms with Gasteiger partial charge in [0.1, 0.15) is 0 Å². The molecule has 0 aliphatic carbocycles. The number of hydrogen-bond acceptors (Lipinski definition) is 3. The summed E-state index contributed by atoms with van der Waals surface area (Å²) in [6.07, 6.45) is 0.824. The second-order valence-corrected chi connectivity index (χ2v) is 9.38. The Balaban J connectivity index is 1.62. The Hall–Kier alpha value is -2.37. The fraction of sp³-hybridized carbons (Fsp3) is 0.417. The predicted octanol–water partition coefficient (Wildman–Crippen LogP) is 4.01. The highest BCUT2D eigenvalue weighted by Gasteiger charge is 2.41. The van der Waals surface area contributed by atoms with Gasteiger partial charge in [0.15, 0.2) is 0 Å². The minimum absolute atomic E-state index is 0.0652. The van der Waals surface area contributed by atoms with E-state index < -0.39 is 11.1 Å². The zero-order valence-electron chi connectivity index (χ0n) is 17.7. The molecule has 1 heterocycles. The Morgan fingerprint density at radius 3 is 2.40 bits per heavy atom. The monoisotopic (exact) mass is 428 g/mol. The first kappa shape index (κ1) is 22.3. The fourth-order valence-electron chi connectivity index (χ4n) is 4.11. The third-order valence-electron chi connectivity index (χ3n) is 5.66. The number of β-amino-alcohol motifs (C(OH)–C–C–N with tert-alkyl or cyclic N) is 1. The molecule has 30 heavy (non-hydrogen) atoms. The van der Waals surface area contributed by atoms with Gasteiger partial charge >= 0.3 is 0 Å². The number of likely N-dealkylation sites (tertiary alicyclic amines) is 1. The predicted molar refractivity (Wildman–Crippen MR) is 119 cm³/mol. The maximum atomic E-state index is 13.0. The lowest BCUT2D eigenvalue weighted by molar-refractivity contribution is -0.140. The molecule has 2 aromatic rings. The van der Waals surface area contributed by atoms with Crippen molar-refractivity contribution in [2.45, 2.75) is 50.7 Å². The maximum Gasteiger partial charge on any atom is 0.251 e. The Morgan fingerprint density at radius 1 is 1.17 bits per heavy atom. The van der Waals surface area contributed by atoms with Crippen molar-refractivity contribution in [1.29, 1.82) is 0 Å². The summed E-state index contributed by atoms with van der Waals surface area (Å²) in [6.45, 7) is 6.26. The summed E-state index contributed by atoms with van der Waals surface area (Å²) in [4.78, 5) is 27.1. The summed E-state index contributed by atoms with van der Waals surface area (Å²) in [5, 5.41) is 14.7. The molecule has 2 N–H and O–H groups in total. The van der Waals surface area contributed by atoms with Gasteiger partial charge in [-0.1, -0.05) is 41.9 Å². The lowest BCUT2D eigenvalue weighted by Crippen LogP contribution is -2.55. The molecule has 2 atom stereocenters. The van der Waals surface area contributed by atoms with Gasteiger partial charge in [-0.05, 0) is 57.0 Å². The average molecular weight is 429 g/mol. The normalized spacial score (nSPS) is 21.9. The first-order chi connectivity index (χ1) is 14.1. The van der Waals surface area contributed by atoms with Crippen LogP contribution in [-0.4, -0.2) is 46.1 Å². The van der Waals surface area contributed by atoms with Crippen LogP contribution in [-0.2, 0) is 4.79 Å². The van der Waals surface area contributed by atoms with Crippen molar-refractivity contribution in [1.82, 2.24) is 10.2 Å². The van der Waals surface area contributed by atoms with Gasteiger partial charge in [0.25, 0.3) is 5.91 Å². The van der Waals surface area contributed by atoms with E-state index >= 15 is 0 Å². The van der Waals surface area contributed by atoms with Crippen LogP contribution in [0.15, 0.2) is 54.6 Å². The van der Waals surface area contributed by atoms with E-state index in [4.69, 9.17) is 11.6 Å². The van der Waals surface area contributed by atoms with Crippen LogP contribution in [0, 0.1) is 0 Å². The summed E-state index contributed by atoms with van der Waals surface area (Å²) in [5.41, 5.74) is -0.168. The molecule has 0 unspecified atom stereocenters. The van der Waals surface area contributed by atoms with E-state index in [9.17, 15) is 14.7 Å². The van der Waals surface area contributed by atoms with Crippen molar-refractivity contribution in [2.75, 3.05) is 13.1 Å². The molecule has 6 heteroatoms. The molecule has 1 aliphatic rings. The highest BCUT2D eigenvalue weighted by atomic mass is 35.5. The number of nitrogens with zero attached hydrogens (tertiary/aromatic N) is 1. The van der Waals surface area contributed by atoms with Gasteiger partial charge in [-0.25, -0.2) is 0 Å². The number of amides is 2. The Bertz CT molecular complexity index is 894. The van der Waals surface area contributed by atoms with E-state index in [0.717, 1.165) is 5.56 Å². The highest BCUT2D eigenvalue weighted by molar-refractivity contribution is 6.30. The van der Waals surface area contributed by atoms with Crippen LogP contribution < -0.4 is 5.32 Å². The minimum Gasteiger partial charge on any atom is -0.388 e. The first-order valence-corrected chi connectivity index (χ1v) is 10.6. The number of carbonyl (C=O) groups is 2. The Morgan fingerprint density at radius 2 is 1.80 bits per heavy atom. The van der Waals surface area contributed by atoms with Crippen molar-refractivity contribution in [2.24, 2.45) is 0 Å². The van der Waals surface area contributed by atoms with Crippen LogP contribution >= 0.6 is 11.6 Å². The third kappa shape index (κ3) is 5.41. The molecule has 1 aliphatic heterocycles. The molecular weight excluding hydrogens is 400 g/mol. The average Bonchev–Trinajstić information content (AvgIpc) is 2.68. The van der Waals surface area contributed by atoms with Crippen LogP contribution in [0.2, 0.25) is 5.02 Å². The third-order valence-corrected chi connectivity index (χ3v) is 5.91. The van der Waals surface area contributed by atoms with Crippen LogP contribution in [0.25, 0.3) is 0 Å². The lowest BCUT2D eigenvalue weighted by atomic mass is 9.78. The van der Waals surface area contributed by atoms with Gasteiger partial charge in [0.05, 0.1) is 5.60 Å². The van der Waals surface area contributed by atoms with Crippen molar-refractivity contribution in [3.63, 3.8) is 0 Å². The zero-order chi connectivity index (χ0) is 21.9. The van der Waals surface area contributed by atoms with E-state index in [1.165, 1.54) is 0 Å². The van der Waals surface area contributed by atoms with Gasteiger partial charge in [0.2, 0.25) is 5.91 Å². The Kier molecular flexibility index (Phi) is 6.53. The lowest BCUT2D eigenvalue weighted by Gasteiger charge is -2.44. The van der Waals surface area contributed by atoms with Gasteiger partial charge < -0.3 is 15.3 Å². The van der Waals surface area contributed by atoms with Crippen LogP contribution in [0.5, 0.6) is 0 Å². The largest absolute Gasteiger partial charge is 0.388 e. The number of piperidine rings is 1. The second kappa shape index (κ2) is 8.78. The number of hydrogen-bond donors (Lipinski definition) is 2. The van der Waals surface area contributed by atoms with E-state index in [-0.39, 0.29) is 30.7 Å². The molecular formula is C24H29ClN2O3. The van der Waals surface area contributed by atoms with Gasteiger partial charge in [-0.2, -0.15) is 0 Å². The molecule has 3 rings (SSSR count). The second-order valence-electron chi connectivity index (χ2n) is 8.95. The van der Waals surface area contributed by atoms with Crippen LogP contribution in [0.3, 0.4) is 0 Å². The maximum absolute atomic E-state index is 13.0. The summed E-state index contributed by atoms with van der Waals surface area (Å²) < 4.78 is 0. The van der Waals surface area contributed by atoms with Crippen LogP contribution in [0.4, 0.5) is 0 Å². The molecule has 0 saturated carbocycles. The number of carbonyl (C=O) groups excluding carboxylic acids is 2. The van der Waals surface area contributed by atoms with Gasteiger partial charge in [0, 0.05) is 41.6 Å². The van der Waals surface area contributed by atoms with Crippen molar-refractivity contribution in [3.8, 4) is 0 Å². The topological polar surface area (TPSA) is 69.6 Å². The number of rotatable bonds is 5. The molecule has 1 fully saturated rings. The molecule has 0 radical (unpaired) electrons. The molecule has 0 aromatic heterocycles. The molecule has 160 valence electrons. The summed E-state index contributed by atoms with van der Waals surface area (Å²) in [7, 11) is 0. The van der Waals surface area contributed by atoms with E-state index in [2.05, 4.69) is 5.32 Å². The zero-order valence-corrected chi connectivity index (χ0v) is 18.4. The molecule has 2 aromatic carbocycles. The number of benzene rings is 2. The number of nitrogens with one attached hydrogen (secondary N) is 1. The Labute approximate surface area is 183 Å². The minimum atomic E-state index is -1.04. The summed E-state index contributed by atoms with van der Waals surface area (Å²) in [5.74, 6) is -0.352. The van der Waals surface area contributed by atoms with E-state index in [1.54, 1.807) is 36.1 Å². The van der Waals surface area contributed by atoms with E-state index in [1.807, 2.05) is 44.2 Å². The SMILES string of the molecule is CC(C)(CC(=O)N1CC[C@H](c2ccc(Cl)cc2)[C@](C)(O)C1)NC(=O)c1ccccc1. The van der Waals surface area contributed by atoms with Crippen molar-refractivity contribution in [3.05, 3.63) is 70.7 Å². The standard InChI is InChI=1S/C24H29ClN2O3/c1-23(2,26-22(29)18-7-5-4-6-8-18)15-21(28)27-14-13-20(24(3,30)16-27)17-9-11-19(25)12-10-17/h4-12,20,30H,13-16H2,1-3H3,(H,26,29)/t20-,24-/m1/s1. The fourth-order valence-corrected chi connectivity index (χ4v) is 4.23. The number of halogens is 1. The molecule has 0 bridgehead atoms. The first-order valence-electron chi connectivity index (χ1n) is 10.2. The smallest absolute Gasteiger partial charge is 0.251 e. The molecule has 1 saturated heterocycles. The van der Waals surface area contributed by atoms with Crippen LogP contribution in [0.1, 0.15) is 55.5 Å². The molecule has 2 amide bonds. The van der Waals surface area contributed by atoms with E-state index in [0.29, 0.717) is 23.6 Å². The number of aliphatic hydroxyl groups is 1. The highest BCUT2D eigenvalue weighted by Crippen LogP contribution is 2.36. The van der Waals surface area contributed by atoms with Crippen molar-refractivity contribution >= 4 is 23.4 Å². The molecule has 0 spiro atoms. The molecule has 5 nitrogen and oxygen atoms in total. The summed E-state index contributed by atoms with van der Waals surface area (Å²) >= 11 is 5.98. The van der Waals surface area contributed by atoms with Gasteiger partial charge in [-0.15, -0.1) is 0 Å². The van der Waals surface area contributed by atoms with Gasteiger partial charge in [-0.3, -0.25) is 9.59 Å².